The summed E-state index contributed by atoms with van der Waals surface area (Å²) in [6.45, 7) is 2.60. The largest absolute Gasteiger partial charge is 0.364 e. The molecule has 0 spiro atoms. The number of hydrogen-bond donors (Lipinski definition) is 1. The first kappa shape index (κ1) is 14.3. The van der Waals surface area contributed by atoms with Crippen molar-refractivity contribution in [1.82, 2.24) is 34.6 Å². The molecule has 0 amide bonds. The molecule has 4 aromatic rings. The average molecular weight is 320 g/mol. The van der Waals surface area contributed by atoms with E-state index in [1.807, 2.05) is 42.6 Å². The third-order valence-corrected chi connectivity index (χ3v) is 3.68. The van der Waals surface area contributed by atoms with Crippen molar-refractivity contribution < 1.29 is 0 Å². The summed E-state index contributed by atoms with van der Waals surface area (Å²) in [4.78, 5) is 8.59. The van der Waals surface area contributed by atoms with Gasteiger partial charge in [0, 0.05) is 11.8 Å². The number of nitrogens with one attached hydrogen (secondary N) is 1. The number of anilines is 1. The molecule has 0 unspecified atom stereocenters. The van der Waals surface area contributed by atoms with E-state index in [1.165, 1.54) is 6.33 Å². The number of aromatic nitrogens is 7. The Balaban J connectivity index is 1.55. The molecule has 8 heteroatoms. The summed E-state index contributed by atoms with van der Waals surface area (Å²) >= 11 is 0. The molecular weight excluding hydrogens is 304 g/mol. The molecule has 0 saturated carbocycles. The van der Waals surface area contributed by atoms with Crippen molar-refractivity contribution in [3.05, 3.63) is 60.3 Å². The third-order valence-electron chi connectivity index (χ3n) is 3.68. The second kappa shape index (κ2) is 6.07. The van der Waals surface area contributed by atoms with Gasteiger partial charge in [0.25, 0.3) is 5.78 Å². The van der Waals surface area contributed by atoms with E-state index < -0.39 is 0 Å². The van der Waals surface area contributed by atoms with Crippen LogP contribution in [0.15, 0.2) is 48.9 Å². The van der Waals surface area contributed by atoms with Gasteiger partial charge in [-0.15, -0.1) is 5.10 Å². The summed E-state index contributed by atoms with van der Waals surface area (Å²) in [5.41, 5.74) is 2.78. The highest BCUT2D eigenvalue weighted by atomic mass is 15.4. The lowest BCUT2D eigenvalue weighted by molar-refractivity contribution is 0.797. The van der Waals surface area contributed by atoms with Crippen LogP contribution in [-0.4, -0.2) is 34.6 Å². The van der Waals surface area contributed by atoms with Crippen molar-refractivity contribution >= 4 is 11.6 Å². The third kappa shape index (κ3) is 2.69. The number of para-hydroxylation sites is 1. The van der Waals surface area contributed by atoms with Crippen LogP contribution in [0.4, 0.5) is 5.82 Å². The van der Waals surface area contributed by atoms with Gasteiger partial charge in [-0.25, -0.2) is 9.67 Å². The van der Waals surface area contributed by atoms with Crippen LogP contribution in [0.2, 0.25) is 0 Å². The number of rotatable bonds is 5. The topological polar surface area (TPSA) is 85.8 Å². The molecule has 0 aliphatic rings. The van der Waals surface area contributed by atoms with Gasteiger partial charge in [-0.1, -0.05) is 30.3 Å². The van der Waals surface area contributed by atoms with Crippen molar-refractivity contribution in [2.24, 2.45) is 0 Å². The van der Waals surface area contributed by atoms with Gasteiger partial charge in [-0.3, -0.25) is 0 Å². The predicted octanol–water partition coefficient (Wildman–Crippen LogP) is 1.88. The van der Waals surface area contributed by atoms with Crippen molar-refractivity contribution in [3.63, 3.8) is 0 Å². The number of aryl methyl sites for hydroxylation is 1. The summed E-state index contributed by atoms with van der Waals surface area (Å²) in [7, 11) is 0. The number of benzene rings is 1. The van der Waals surface area contributed by atoms with Gasteiger partial charge >= 0.3 is 0 Å². The minimum Gasteiger partial charge on any atom is -0.364 e. The molecule has 0 bridgehead atoms. The summed E-state index contributed by atoms with van der Waals surface area (Å²) in [5.74, 6) is 1.42. The lowest BCUT2D eigenvalue weighted by Gasteiger charge is -2.07. The first-order valence-electron chi connectivity index (χ1n) is 7.73. The maximum absolute atomic E-state index is 4.43. The molecule has 0 aliphatic heterocycles. The Morgan fingerprint density at radius 3 is 2.83 bits per heavy atom. The van der Waals surface area contributed by atoms with Gasteiger partial charge in [-0.2, -0.15) is 14.6 Å². The number of fused-ring (bicyclic) bond motifs is 1. The van der Waals surface area contributed by atoms with Gasteiger partial charge < -0.3 is 5.32 Å². The highest BCUT2D eigenvalue weighted by Crippen LogP contribution is 2.13. The van der Waals surface area contributed by atoms with Crippen LogP contribution in [0.5, 0.6) is 0 Å². The Morgan fingerprint density at radius 2 is 2.00 bits per heavy atom. The van der Waals surface area contributed by atoms with Crippen LogP contribution in [0.1, 0.15) is 18.3 Å². The molecule has 0 radical (unpaired) electrons. The van der Waals surface area contributed by atoms with E-state index in [2.05, 4.69) is 37.6 Å². The summed E-state index contributed by atoms with van der Waals surface area (Å²) in [6.07, 6.45) is 4.24. The molecule has 3 aromatic heterocycles. The van der Waals surface area contributed by atoms with Crippen molar-refractivity contribution in [1.29, 1.82) is 0 Å². The highest BCUT2D eigenvalue weighted by Gasteiger charge is 2.08. The predicted molar refractivity (Wildman–Crippen MR) is 88.8 cm³/mol. The second-order valence-corrected chi connectivity index (χ2v) is 5.30. The molecule has 0 fully saturated rings. The van der Waals surface area contributed by atoms with Crippen molar-refractivity contribution in [2.45, 2.75) is 19.9 Å². The first-order chi connectivity index (χ1) is 11.8. The van der Waals surface area contributed by atoms with Crippen LogP contribution < -0.4 is 5.32 Å². The highest BCUT2D eigenvalue weighted by molar-refractivity contribution is 5.45. The molecule has 0 aliphatic carbocycles. The fourth-order valence-corrected chi connectivity index (χ4v) is 2.44. The van der Waals surface area contributed by atoms with Crippen LogP contribution >= 0.6 is 0 Å². The fourth-order valence-electron chi connectivity index (χ4n) is 2.44. The van der Waals surface area contributed by atoms with Gasteiger partial charge in [0.05, 0.1) is 18.4 Å². The van der Waals surface area contributed by atoms with E-state index in [-0.39, 0.29) is 0 Å². The van der Waals surface area contributed by atoms with E-state index in [4.69, 9.17) is 0 Å². The summed E-state index contributed by atoms with van der Waals surface area (Å²) in [5, 5.41) is 15.9. The van der Waals surface area contributed by atoms with Gasteiger partial charge in [0.15, 0.2) is 0 Å². The molecule has 0 saturated heterocycles. The Bertz CT molecular complexity index is 957. The van der Waals surface area contributed by atoms with E-state index in [0.717, 1.165) is 29.3 Å². The molecule has 0 atom stereocenters. The quantitative estimate of drug-likeness (QED) is 0.604. The zero-order valence-corrected chi connectivity index (χ0v) is 13.2. The van der Waals surface area contributed by atoms with Crippen molar-refractivity contribution in [2.75, 3.05) is 5.32 Å². The lowest BCUT2D eigenvalue weighted by Crippen LogP contribution is -2.07. The molecule has 120 valence electrons. The molecule has 8 nitrogen and oxygen atoms in total. The number of hydrogen-bond acceptors (Lipinski definition) is 6. The minimum absolute atomic E-state index is 0.537. The minimum atomic E-state index is 0.537. The van der Waals surface area contributed by atoms with E-state index in [0.29, 0.717) is 12.3 Å². The SMILES string of the molecule is CCc1cc(NCc2cn(-c3ccccc3)nn2)n2ncnc2n1. The van der Waals surface area contributed by atoms with Gasteiger partial charge in [0.2, 0.25) is 0 Å². The zero-order chi connectivity index (χ0) is 16.4. The Morgan fingerprint density at radius 1 is 1.12 bits per heavy atom. The Kier molecular flexibility index (Phi) is 3.62. The lowest BCUT2D eigenvalue weighted by atomic mass is 10.3. The first-order valence-corrected chi connectivity index (χ1v) is 7.73. The standard InChI is InChI=1S/C16H16N8/c1-2-12-8-15(24-16(20-12)18-11-19-24)17-9-13-10-23(22-21-13)14-6-4-3-5-7-14/h3-8,10-11,17H,2,9H2,1H3. The van der Waals surface area contributed by atoms with Crippen LogP contribution in [-0.2, 0) is 13.0 Å². The molecule has 1 aromatic carbocycles. The maximum atomic E-state index is 4.43. The van der Waals surface area contributed by atoms with Crippen molar-refractivity contribution in [3.8, 4) is 5.69 Å². The molecule has 4 rings (SSSR count). The van der Waals surface area contributed by atoms with Crippen LogP contribution in [0.3, 0.4) is 0 Å². The summed E-state index contributed by atoms with van der Waals surface area (Å²) < 4.78 is 3.44. The molecular formula is C16H16N8. The Labute approximate surface area is 138 Å². The monoisotopic (exact) mass is 320 g/mol. The van der Waals surface area contributed by atoms with E-state index in [1.54, 1.807) is 9.20 Å². The van der Waals surface area contributed by atoms with E-state index in [9.17, 15) is 0 Å². The smallest absolute Gasteiger partial charge is 0.254 e. The molecule has 1 N–H and O–H groups in total. The second-order valence-electron chi connectivity index (χ2n) is 5.30. The summed E-state index contributed by atoms with van der Waals surface area (Å²) in [6, 6.07) is 11.9. The molecule has 24 heavy (non-hydrogen) atoms. The Hall–Kier alpha value is -3.29. The van der Waals surface area contributed by atoms with Crippen LogP contribution in [0.25, 0.3) is 11.5 Å². The normalized spacial score (nSPS) is 11.0. The zero-order valence-electron chi connectivity index (χ0n) is 13.2. The average Bonchev–Trinajstić information content (AvgIpc) is 3.29. The number of nitrogens with zero attached hydrogens (tertiary/aromatic N) is 7. The van der Waals surface area contributed by atoms with Gasteiger partial charge in [-0.05, 0) is 18.6 Å². The van der Waals surface area contributed by atoms with Crippen LogP contribution in [0, 0.1) is 0 Å². The molecule has 3 heterocycles. The van der Waals surface area contributed by atoms with E-state index >= 15 is 0 Å². The van der Waals surface area contributed by atoms with Gasteiger partial charge in [0.1, 0.15) is 17.8 Å². The maximum Gasteiger partial charge on any atom is 0.254 e. The fraction of sp³-hybridized carbons (Fsp3) is 0.188.